The van der Waals surface area contributed by atoms with Crippen LogP contribution in [0.4, 0.5) is 0 Å². The molecule has 0 bridgehead atoms. The lowest BCUT2D eigenvalue weighted by molar-refractivity contribution is 0.00304. The first-order chi connectivity index (χ1) is 5.24. The van der Waals surface area contributed by atoms with Gasteiger partial charge in [-0.05, 0) is 6.42 Å². The zero-order valence-corrected chi connectivity index (χ0v) is 7.58. The van der Waals surface area contributed by atoms with E-state index >= 15 is 0 Å². The first kappa shape index (κ1) is 13.6. The van der Waals surface area contributed by atoms with Gasteiger partial charge in [0.15, 0.2) is 0 Å². The number of hydrogen-bond acceptors (Lipinski definition) is 4. The fourth-order valence-electron chi connectivity index (χ4n) is 0.485. The maximum absolute atomic E-state index is 8.66. The molecule has 0 atom stereocenters. The molecule has 0 fully saturated rings. The molecule has 0 radical (unpaired) electrons. The summed E-state index contributed by atoms with van der Waals surface area (Å²) in [5.74, 6) is 0. The molecule has 11 heavy (non-hydrogen) atoms. The van der Waals surface area contributed by atoms with Crippen LogP contribution in [0, 0.1) is 5.41 Å². The number of aliphatic hydroxyl groups excluding tert-OH is 3. The fourth-order valence-corrected chi connectivity index (χ4v) is 0.485. The topological polar surface area (TPSA) is 77.8 Å². The molecule has 0 aromatic rings. The minimum atomic E-state index is -0.667. The summed E-state index contributed by atoms with van der Waals surface area (Å²) >= 11 is 0. The van der Waals surface area contributed by atoms with Crippen LogP contribution >= 0.6 is 9.12 Å². The Hall–Kier alpha value is -0.0200. The summed E-state index contributed by atoms with van der Waals surface area (Å²) in [6.07, 6.45) is 0.594. The summed E-state index contributed by atoms with van der Waals surface area (Å²) in [7, 11) is 1.72. The largest absolute Gasteiger partial charge is 0.396 e. The molecular weight excluding hydrogens is 167 g/mol. The van der Waals surface area contributed by atoms with Gasteiger partial charge in [0.1, 0.15) is 9.12 Å². The Morgan fingerprint density at radius 3 is 1.36 bits per heavy atom. The molecule has 0 aliphatic carbocycles. The maximum Gasteiger partial charge on any atom is 0.138 e. The second kappa shape index (κ2) is 8.08. The SMILES string of the molecule is CCC(CO)(CO)CO.O=P. The van der Waals surface area contributed by atoms with Gasteiger partial charge in [0.2, 0.25) is 0 Å². The Morgan fingerprint density at radius 1 is 1.09 bits per heavy atom. The van der Waals surface area contributed by atoms with Crippen molar-refractivity contribution in [3.63, 3.8) is 0 Å². The van der Waals surface area contributed by atoms with E-state index in [1.165, 1.54) is 0 Å². The van der Waals surface area contributed by atoms with Gasteiger partial charge in [-0.25, -0.2) is 0 Å². The lowest BCUT2D eigenvalue weighted by Crippen LogP contribution is -2.32. The van der Waals surface area contributed by atoms with Crippen LogP contribution in [-0.2, 0) is 4.57 Å². The van der Waals surface area contributed by atoms with Crippen molar-refractivity contribution in [2.24, 2.45) is 5.41 Å². The Kier molecular flexibility index (Phi) is 9.96. The Labute approximate surface area is 68.5 Å². The highest BCUT2D eigenvalue weighted by Gasteiger charge is 2.24. The van der Waals surface area contributed by atoms with E-state index in [1.54, 1.807) is 9.12 Å². The maximum atomic E-state index is 8.66. The predicted molar refractivity (Wildman–Crippen MR) is 43.0 cm³/mol. The zero-order chi connectivity index (χ0) is 9.33. The second-order valence-corrected chi connectivity index (χ2v) is 2.33. The molecule has 68 valence electrons. The van der Waals surface area contributed by atoms with E-state index in [0.717, 1.165) is 0 Å². The highest BCUT2D eigenvalue weighted by Crippen LogP contribution is 2.18. The van der Waals surface area contributed by atoms with Crippen LogP contribution in [0.3, 0.4) is 0 Å². The first-order valence-electron chi connectivity index (χ1n) is 3.27. The molecule has 0 aliphatic heterocycles. The van der Waals surface area contributed by atoms with Crippen molar-refractivity contribution >= 4 is 9.12 Å². The molecule has 0 aromatic heterocycles. The van der Waals surface area contributed by atoms with Gasteiger partial charge in [-0.1, -0.05) is 6.92 Å². The third-order valence-corrected chi connectivity index (χ3v) is 1.76. The molecule has 0 saturated heterocycles. The standard InChI is InChI=1S/C6H14O3.HOP/c1-2-6(3-7,4-8)5-9;1-2/h7-9H,2-5H2,1H3;2H. The van der Waals surface area contributed by atoms with Gasteiger partial charge in [0.25, 0.3) is 0 Å². The van der Waals surface area contributed by atoms with Crippen molar-refractivity contribution in [3.05, 3.63) is 0 Å². The van der Waals surface area contributed by atoms with Crippen LogP contribution in [0.5, 0.6) is 0 Å². The Bertz CT molecular complexity index is 67.1. The van der Waals surface area contributed by atoms with E-state index in [1.807, 2.05) is 6.92 Å². The van der Waals surface area contributed by atoms with E-state index in [-0.39, 0.29) is 19.8 Å². The van der Waals surface area contributed by atoms with Crippen molar-refractivity contribution < 1.29 is 19.9 Å². The minimum Gasteiger partial charge on any atom is -0.396 e. The van der Waals surface area contributed by atoms with E-state index in [2.05, 4.69) is 0 Å². The lowest BCUT2D eigenvalue weighted by atomic mass is 9.88. The summed E-state index contributed by atoms with van der Waals surface area (Å²) in [6, 6.07) is 0. The summed E-state index contributed by atoms with van der Waals surface area (Å²) in [5.41, 5.74) is -0.667. The van der Waals surface area contributed by atoms with Crippen LogP contribution in [-0.4, -0.2) is 35.1 Å². The molecule has 0 amide bonds. The lowest BCUT2D eigenvalue weighted by Gasteiger charge is -2.24. The molecule has 0 rings (SSSR count). The van der Waals surface area contributed by atoms with E-state index in [0.29, 0.717) is 6.42 Å². The summed E-state index contributed by atoms with van der Waals surface area (Å²) in [6.45, 7) is 1.35. The Balaban J connectivity index is 0. The van der Waals surface area contributed by atoms with Gasteiger partial charge in [-0.3, -0.25) is 4.57 Å². The minimum absolute atomic E-state index is 0.156. The quantitative estimate of drug-likeness (QED) is 0.528. The van der Waals surface area contributed by atoms with Crippen LogP contribution in [0.25, 0.3) is 0 Å². The molecule has 0 spiro atoms. The van der Waals surface area contributed by atoms with Crippen LogP contribution < -0.4 is 0 Å². The van der Waals surface area contributed by atoms with Crippen molar-refractivity contribution in [2.75, 3.05) is 19.8 Å². The average Bonchev–Trinajstić information content (AvgIpc) is 2.13. The van der Waals surface area contributed by atoms with Gasteiger partial charge in [-0.2, -0.15) is 0 Å². The smallest absolute Gasteiger partial charge is 0.138 e. The van der Waals surface area contributed by atoms with Crippen LogP contribution in [0.2, 0.25) is 0 Å². The monoisotopic (exact) mass is 182 g/mol. The van der Waals surface area contributed by atoms with Gasteiger partial charge < -0.3 is 15.3 Å². The third-order valence-electron chi connectivity index (χ3n) is 1.76. The van der Waals surface area contributed by atoms with Crippen molar-refractivity contribution in [3.8, 4) is 0 Å². The van der Waals surface area contributed by atoms with Crippen molar-refractivity contribution in [2.45, 2.75) is 13.3 Å². The second-order valence-electron chi connectivity index (χ2n) is 2.33. The summed E-state index contributed by atoms with van der Waals surface area (Å²) in [5, 5.41) is 26.0. The summed E-state index contributed by atoms with van der Waals surface area (Å²) < 4.78 is 8.06. The third kappa shape index (κ3) is 4.43. The molecule has 3 N–H and O–H groups in total. The molecular formula is C6H15O4P. The molecule has 0 aliphatic rings. The molecule has 0 aromatic carbocycles. The number of rotatable bonds is 4. The summed E-state index contributed by atoms with van der Waals surface area (Å²) in [4.78, 5) is 0. The molecule has 0 saturated carbocycles. The molecule has 0 heterocycles. The van der Waals surface area contributed by atoms with Crippen LogP contribution in [0.15, 0.2) is 0 Å². The van der Waals surface area contributed by atoms with Crippen molar-refractivity contribution in [1.29, 1.82) is 0 Å². The zero-order valence-electron chi connectivity index (χ0n) is 6.58. The Morgan fingerprint density at radius 2 is 1.36 bits per heavy atom. The fraction of sp³-hybridized carbons (Fsp3) is 1.00. The van der Waals surface area contributed by atoms with E-state index < -0.39 is 5.41 Å². The van der Waals surface area contributed by atoms with Gasteiger partial charge in [0.05, 0.1) is 19.8 Å². The predicted octanol–water partition coefficient (Wildman–Crippen LogP) is -0.166. The molecule has 0 unspecified atom stereocenters. The first-order valence-corrected chi connectivity index (χ1v) is 3.68. The average molecular weight is 182 g/mol. The highest BCUT2D eigenvalue weighted by molar-refractivity contribution is 7.00. The highest BCUT2D eigenvalue weighted by atomic mass is 31.0. The molecule has 4 nitrogen and oxygen atoms in total. The number of hydrogen-bond donors (Lipinski definition) is 3. The van der Waals surface area contributed by atoms with E-state index in [9.17, 15) is 0 Å². The van der Waals surface area contributed by atoms with Gasteiger partial charge in [-0.15, -0.1) is 0 Å². The molecule has 5 heteroatoms. The van der Waals surface area contributed by atoms with Crippen molar-refractivity contribution in [1.82, 2.24) is 0 Å². The number of aliphatic hydroxyl groups is 3. The van der Waals surface area contributed by atoms with Gasteiger partial charge in [0, 0.05) is 5.41 Å². The van der Waals surface area contributed by atoms with Gasteiger partial charge >= 0.3 is 0 Å². The van der Waals surface area contributed by atoms with Crippen LogP contribution in [0.1, 0.15) is 13.3 Å². The normalized spacial score (nSPS) is 10.2. The van der Waals surface area contributed by atoms with E-state index in [4.69, 9.17) is 19.9 Å².